The zero-order valence-electron chi connectivity index (χ0n) is 10.8. The van der Waals surface area contributed by atoms with E-state index in [0.29, 0.717) is 17.6 Å². The van der Waals surface area contributed by atoms with E-state index in [1.807, 2.05) is 0 Å². The molecule has 5 nitrogen and oxygen atoms in total. The fourth-order valence-corrected chi connectivity index (χ4v) is 1.95. The summed E-state index contributed by atoms with van der Waals surface area (Å²) in [5, 5.41) is 0.583. The molecule has 0 amide bonds. The van der Waals surface area contributed by atoms with Crippen LogP contribution in [0.1, 0.15) is 13.8 Å². The molecule has 0 aromatic carbocycles. The molecule has 2 rings (SSSR count). The highest BCUT2D eigenvalue weighted by atomic mass is 16.1. The summed E-state index contributed by atoms with van der Waals surface area (Å²) in [6, 6.07) is 3.53. The molecule has 0 saturated heterocycles. The second-order valence-electron chi connectivity index (χ2n) is 4.14. The minimum Gasteiger partial charge on any atom is -0.302 e. The fourth-order valence-electron chi connectivity index (χ4n) is 1.95. The van der Waals surface area contributed by atoms with Gasteiger partial charge in [-0.15, -0.1) is 0 Å². The summed E-state index contributed by atoms with van der Waals surface area (Å²) in [7, 11) is 0. The van der Waals surface area contributed by atoms with Crippen molar-refractivity contribution in [2.24, 2.45) is 0 Å². The Morgan fingerprint density at radius 1 is 1.28 bits per heavy atom. The number of fused-ring (bicyclic) bond motifs is 1. The largest absolute Gasteiger partial charge is 0.302 e. The van der Waals surface area contributed by atoms with Crippen LogP contribution in [-0.2, 0) is 6.54 Å². The van der Waals surface area contributed by atoms with Crippen LogP contribution in [0.5, 0.6) is 0 Å². The van der Waals surface area contributed by atoms with E-state index >= 15 is 0 Å². The molecule has 2 aromatic rings. The van der Waals surface area contributed by atoms with Gasteiger partial charge in [0, 0.05) is 19.3 Å². The number of rotatable bonds is 5. The van der Waals surface area contributed by atoms with E-state index in [4.69, 9.17) is 0 Å². The fraction of sp³-hybridized carbons (Fsp3) is 0.462. The Morgan fingerprint density at radius 2 is 2.06 bits per heavy atom. The van der Waals surface area contributed by atoms with Gasteiger partial charge in [-0.1, -0.05) is 13.8 Å². The number of pyridine rings is 1. The summed E-state index contributed by atoms with van der Waals surface area (Å²) in [6.45, 7) is 7.75. The number of aromatic nitrogens is 3. The number of hydrogen-bond donors (Lipinski definition) is 0. The summed E-state index contributed by atoms with van der Waals surface area (Å²) < 4.78 is 1.66. The smallest absolute Gasteiger partial charge is 0.262 e. The Hall–Kier alpha value is -1.75. The third kappa shape index (κ3) is 2.56. The first-order valence-corrected chi connectivity index (χ1v) is 6.28. The molecular formula is C13H18N4O. The van der Waals surface area contributed by atoms with Gasteiger partial charge in [0.2, 0.25) is 0 Å². The van der Waals surface area contributed by atoms with Crippen LogP contribution in [0, 0.1) is 0 Å². The molecule has 0 spiro atoms. The topological polar surface area (TPSA) is 51.0 Å². The van der Waals surface area contributed by atoms with Crippen molar-refractivity contribution in [2.75, 3.05) is 19.6 Å². The maximum Gasteiger partial charge on any atom is 0.262 e. The van der Waals surface area contributed by atoms with E-state index in [9.17, 15) is 4.79 Å². The SMILES string of the molecule is CCN(CC)CCn1cnc2ncccc2c1=O. The van der Waals surface area contributed by atoms with Gasteiger partial charge in [-0.2, -0.15) is 0 Å². The molecule has 18 heavy (non-hydrogen) atoms. The average Bonchev–Trinajstić information content (AvgIpc) is 2.42. The van der Waals surface area contributed by atoms with Crippen molar-refractivity contribution in [3.05, 3.63) is 35.0 Å². The molecule has 96 valence electrons. The van der Waals surface area contributed by atoms with Crippen LogP contribution in [0.4, 0.5) is 0 Å². The molecule has 2 heterocycles. The lowest BCUT2D eigenvalue weighted by atomic mass is 10.3. The van der Waals surface area contributed by atoms with Gasteiger partial charge in [-0.25, -0.2) is 9.97 Å². The molecule has 5 heteroatoms. The van der Waals surface area contributed by atoms with Crippen LogP contribution in [0.15, 0.2) is 29.5 Å². The van der Waals surface area contributed by atoms with E-state index in [0.717, 1.165) is 19.6 Å². The van der Waals surface area contributed by atoms with E-state index in [1.165, 1.54) is 0 Å². The molecule has 0 aliphatic heterocycles. The molecule has 0 unspecified atom stereocenters. The van der Waals surface area contributed by atoms with Gasteiger partial charge in [0.05, 0.1) is 5.39 Å². The van der Waals surface area contributed by atoms with Gasteiger partial charge in [0.15, 0.2) is 5.65 Å². The van der Waals surface area contributed by atoms with E-state index in [-0.39, 0.29) is 5.56 Å². The maximum absolute atomic E-state index is 12.2. The van der Waals surface area contributed by atoms with Crippen molar-refractivity contribution in [3.8, 4) is 0 Å². The average molecular weight is 246 g/mol. The lowest BCUT2D eigenvalue weighted by molar-refractivity contribution is 0.289. The van der Waals surface area contributed by atoms with Crippen LogP contribution in [-0.4, -0.2) is 39.1 Å². The maximum atomic E-state index is 12.2. The predicted molar refractivity (Wildman–Crippen MR) is 71.6 cm³/mol. The Bertz CT molecular complexity index is 574. The van der Waals surface area contributed by atoms with Gasteiger partial charge in [0.1, 0.15) is 6.33 Å². The zero-order chi connectivity index (χ0) is 13.0. The quantitative estimate of drug-likeness (QED) is 0.793. The molecule has 0 bridgehead atoms. The first kappa shape index (κ1) is 12.7. The number of likely N-dealkylation sites (N-methyl/N-ethyl adjacent to an activating group) is 1. The highest BCUT2D eigenvalue weighted by Crippen LogP contribution is 2.01. The molecule has 0 radical (unpaired) electrons. The van der Waals surface area contributed by atoms with E-state index < -0.39 is 0 Å². The number of nitrogens with zero attached hydrogens (tertiary/aromatic N) is 4. The zero-order valence-corrected chi connectivity index (χ0v) is 10.8. The van der Waals surface area contributed by atoms with Gasteiger partial charge in [-0.05, 0) is 25.2 Å². The normalized spacial score (nSPS) is 11.3. The third-order valence-corrected chi connectivity index (χ3v) is 3.15. The Balaban J connectivity index is 2.24. The van der Waals surface area contributed by atoms with Gasteiger partial charge >= 0.3 is 0 Å². The molecule has 0 aliphatic carbocycles. The Kier molecular flexibility index (Phi) is 4.04. The minimum atomic E-state index is -0.0137. The third-order valence-electron chi connectivity index (χ3n) is 3.15. The second kappa shape index (κ2) is 5.73. The summed E-state index contributed by atoms with van der Waals surface area (Å²) in [6.07, 6.45) is 3.23. The van der Waals surface area contributed by atoms with E-state index in [2.05, 4.69) is 28.7 Å². The monoisotopic (exact) mass is 246 g/mol. The van der Waals surface area contributed by atoms with Crippen molar-refractivity contribution in [1.82, 2.24) is 19.4 Å². The van der Waals surface area contributed by atoms with Crippen LogP contribution < -0.4 is 5.56 Å². The lowest BCUT2D eigenvalue weighted by Crippen LogP contribution is -2.31. The molecule has 2 aromatic heterocycles. The highest BCUT2D eigenvalue weighted by molar-refractivity contribution is 5.72. The Labute approximate surface area is 106 Å². The van der Waals surface area contributed by atoms with Crippen LogP contribution in [0.25, 0.3) is 11.0 Å². The summed E-state index contributed by atoms with van der Waals surface area (Å²) in [5.74, 6) is 0. The molecule has 0 fully saturated rings. The minimum absolute atomic E-state index is 0.0137. The van der Waals surface area contributed by atoms with Gasteiger partial charge < -0.3 is 4.90 Å². The van der Waals surface area contributed by atoms with Crippen molar-refractivity contribution < 1.29 is 0 Å². The summed E-state index contributed by atoms with van der Waals surface area (Å²) in [4.78, 5) is 22.7. The Morgan fingerprint density at radius 3 is 2.78 bits per heavy atom. The number of hydrogen-bond acceptors (Lipinski definition) is 4. The highest BCUT2D eigenvalue weighted by Gasteiger charge is 2.05. The summed E-state index contributed by atoms with van der Waals surface area (Å²) >= 11 is 0. The van der Waals surface area contributed by atoms with Crippen molar-refractivity contribution in [1.29, 1.82) is 0 Å². The second-order valence-corrected chi connectivity index (χ2v) is 4.14. The standard InChI is InChI=1S/C13H18N4O/c1-3-16(4-2)8-9-17-10-15-12-11(13(17)18)6-5-7-14-12/h5-7,10H,3-4,8-9H2,1-2H3. The predicted octanol–water partition coefficient (Wildman–Crippen LogP) is 1.13. The van der Waals surface area contributed by atoms with E-state index in [1.54, 1.807) is 29.2 Å². The lowest BCUT2D eigenvalue weighted by Gasteiger charge is -2.18. The van der Waals surface area contributed by atoms with Crippen LogP contribution in [0.2, 0.25) is 0 Å². The first-order chi connectivity index (χ1) is 8.76. The molecule has 0 N–H and O–H groups in total. The van der Waals surface area contributed by atoms with Gasteiger partial charge in [-0.3, -0.25) is 9.36 Å². The molecular weight excluding hydrogens is 228 g/mol. The summed E-state index contributed by atoms with van der Waals surface area (Å²) in [5.41, 5.74) is 0.502. The van der Waals surface area contributed by atoms with Crippen molar-refractivity contribution >= 4 is 11.0 Å². The van der Waals surface area contributed by atoms with Gasteiger partial charge in [0.25, 0.3) is 5.56 Å². The molecule has 0 atom stereocenters. The molecule has 0 saturated carbocycles. The van der Waals surface area contributed by atoms with Crippen LogP contribution >= 0.6 is 0 Å². The molecule has 0 aliphatic rings. The van der Waals surface area contributed by atoms with Crippen LogP contribution in [0.3, 0.4) is 0 Å². The first-order valence-electron chi connectivity index (χ1n) is 6.28. The van der Waals surface area contributed by atoms with Crippen molar-refractivity contribution in [2.45, 2.75) is 20.4 Å². The van der Waals surface area contributed by atoms with Crippen molar-refractivity contribution in [3.63, 3.8) is 0 Å².